The van der Waals surface area contributed by atoms with E-state index in [1.54, 1.807) is 0 Å². The SMILES string of the molecule is C=C.O=CC=O.O=[PH](O)O. The summed E-state index contributed by atoms with van der Waals surface area (Å²) in [4.78, 5) is 31.9. The molecule has 0 aliphatic heterocycles. The minimum absolute atomic E-state index is 0.194. The Labute approximate surface area is 58.9 Å². The molecule has 0 atom stereocenters. The van der Waals surface area contributed by atoms with Crippen molar-refractivity contribution >= 4 is 20.8 Å². The third-order valence-electron chi connectivity index (χ3n) is 0.0556. The van der Waals surface area contributed by atoms with Crippen molar-refractivity contribution in [3.63, 3.8) is 0 Å². The Morgan fingerprint density at radius 1 is 1.10 bits per heavy atom. The fourth-order valence-corrected chi connectivity index (χ4v) is 0. The molecular formula is C4H9O5P. The summed E-state index contributed by atoms with van der Waals surface area (Å²) >= 11 is 0. The maximum atomic E-state index is 8.81. The van der Waals surface area contributed by atoms with Gasteiger partial charge in [-0.25, -0.2) is 0 Å². The van der Waals surface area contributed by atoms with Crippen LogP contribution in [-0.4, -0.2) is 22.4 Å². The van der Waals surface area contributed by atoms with Gasteiger partial charge in [0.25, 0.3) is 0 Å². The van der Waals surface area contributed by atoms with Crippen molar-refractivity contribution in [3.05, 3.63) is 13.2 Å². The Morgan fingerprint density at radius 2 is 1.20 bits per heavy atom. The summed E-state index contributed by atoms with van der Waals surface area (Å²) in [6.45, 7) is 6.00. The summed E-state index contributed by atoms with van der Waals surface area (Å²) in [5.74, 6) is 0. The summed E-state index contributed by atoms with van der Waals surface area (Å²) in [5, 5.41) is 0. The largest absolute Gasteiger partial charge is 0.326 e. The second kappa shape index (κ2) is 24.0. The minimum Gasteiger partial charge on any atom is -0.326 e. The van der Waals surface area contributed by atoms with Gasteiger partial charge in [0, 0.05) is 0 Å². The average molecular weight is 168 g/mol. The lowest BCUT2D eigenvalue weighted by Gasteiger charge is -1.61. The van der Waals surface area contributed by atoms with Crippen LogP contribution in [0.25, 0.3) is 0 Å². The maximum absolute atomic E-state index is 8.81. The number of hydrogen-bond acceptors (Lipinski definition) is 3. The summed E-state index contributed by atoms with van der Waals surface area (Å²) in [5.41, 5.74) is 0. The molecule has 0 bridgehead atoms. The number of hydrogen-bond donors (Lipinski definition) is 2. The molecule has 0 fully saturated rings. The zero-order chi connectivity index (χ0) is 8.99. The van der Waals surface area contributed by atoms with Gasteiger partial charge in [-0.05, 0) is 0 Å². The van der Waals surface area contributed by atoms with Gasteiger partial charge < -0.3 is 9.79 Å². The van der Waals surface area contributed by atoms with E-state index >= 15 is 0 Å². The van der Waals surface area contributed by atoms with Gasteiger partial charge in [0.15, 0.2) is 12.6 Å². The van der Waals surface area contributed by atoms with Crippen molar-refractivity contribution in [1.29, 1.82) is 0 Å². The fraction of sp³-hybridized carbons (Fsp3) is 0. The van der Waals surface area contributed by atoms with Crippen LogP contribution in [0.15, 0.2) is 13.2 Å². The molecular weight excluding hydrogens is 159 g/mol. The average Bonchev–Trinajstić information content (AvgIpc) is 1.91. The third kappa shape index (κ3) is 5300. The van der Waals surface area contributed by atoms with E-state index in [2.05, 4.69) is 13.2 Å². The maximum Gasteiger partial charge on any atom is 0.314 e. The number of aldehydes is 2. The van der Waals surface area contributed by atoms with Crippen molar-refractivity contribution < 1.29 is 23.9 Å². The molecule has 5 nitrogen and oxygen atoms in total. The van der Waals surface area contributed by atoms with Crippen molar-refractivity contribution in [2.75, 3.05) is 0 Å². The zero-order valence-electron chi connectivity index (χ0n) is 5.19. The van der Waals surface area contributed by atoms with Crippen molar-refractivity contribution in [1.82, 2.24) is 0 Å². The first-order chi connectivity index (χ1) is 4.65. The molecule has 0 saturated carbocycles. The molecule has 0 unspecified atom stereocenters. The molecule has 0 amide bonds. The second-order valence-electron chi connectivity index (χ2n) is 0.555. The van der Waals surface area contributed by atoms with Gasteiger partial charge in [0.05, 0.1) is 0 Å². The standard InChI is InChI=1S/C2H2O2.C2H4.H3O3P/c3-1-2-4;1-2;1-4(2)3/h1-2H;1-2H2;4H,(H2,1,2,3). The Morgan fingerprint density at radius 3 is 1.20 bits per heavy atom. The van der Waals surface area contributed by atoms with Crippen LogP contribution in [0, 0.1) is 0 Å². The van der Waals surface area contributed by atoms with Crippen LogP contribution < -0.4 is 0 Å². The van der Waals surface area contributed by atoms with E-state index in [0.717, 1.165) is 0 Å². The smallest absolute Gasteiger partial charge is 0.314 e. The summed E-state index contributed by atoms with van der Waals surface area (Å²) in [7, 11) is -3.13. The zero-order valence-corrected chi connectivity index (χ0v) is 6.19. The molecule has 0 radical (unpaired) electrons. The topological polar surface area (TPSA) is 91.7 Å². The van der Waals surface area contributed by atoms with Gasteiger partial charge in [-0.15, -0.1) is 13.2 Å². The third-order valence-corrected chi connectivity index (χ3v) is 0.0556. The van der Waals surface area contributed by atoms with Gasteiger partial charge in [-0.1, -0.05) is 0 Å². The fourth-order valence-electron chi connectivity index (χ4n) is 0. The van der Waals surface area contributed by atoms with Crippen LogP contribution in [0.5, 0.6) is 0 Å². The molecule has 0 aliphatic carbocycles. The Balaban J connectivity index is -0.0000000787. The van der Waals surface area contributed by atoms with Crippen molar-refractivity contribution in [2.45, 2.75) is 0 Å². The number of carbonyl (C=O) groups excluding carboxylic acids is 2. The molecule has 0 aliphatic rings. The van der Waals surface area contributed by atoms with Crippen LogP contribution >= 0.6 is 8.25 Å². The molecule has 60 valence electrons. The van der Waals surface area contributed by atoms with Crippen LogP contribution in [-0.2, 0) is 14.2 Å². The van der Waals surface area contributed by atoms with Gasteiger partial charge in [0.2, 0.25) is 0 Å². The van der Waals surface area contributed by atoms with Crippen LogP contribution in [0.2, 0.25) is 0 Å². The predicted octanol–water partition coefficient (Wildman–Crippen LogP) is -0.453. The molecule has 0 spiro atoms. The first kappa shape index (κ1) is 16.1. The van der Waals surface area contributed by atoms with Crippen LogP contribution in [0.1, 0.15) is 0 Å². The van der Waals surface area contributed by atoms with Crippen molar-refractivity contribution in [3.8, 4) is 0 Å². The highest BCUT2D eigenvalue weighted by atomic mass is 31.1. The van der Waals surface area contributed by atoms with Crippen LogP contribution in [0.3, 0.4) is 0 Å². The Hall–Kier alpha value is -0.770. The highest BCUT2D eigenvalue weighted by molar-refractivity contribution is 7.30. The molecule has 0 aromatic carbocycles. The highest BCUT2D eigenvalue weighted by Gasteiger charge is 1.61. The van der Waals surface area contributed by atoms with E-state index in [-0.39, 0.29) is 12.6 Å². The highest BCUT2D eigenvalue weighted by Crippen LogP contribution is 1.98. The molecule has 6 heteroatoms. The van der Waals surface area contributed by atoms with Gasteiger partial charge in [-0.3, -0.25) is 14.2 Å². The molecule has 0 saturated heterocycles. The van der Waals surface area contributed by atoms with Gasteiger partial charge in [-0.2, -0.15) is 0 Å². The Kier molecular flexibility index (Phi) is 38.7. The number of carbonyl (C=O) groups is 2. The predicted molar refractivity (Wildman–Crippen MR) is 36.8 cm³/mol. The minimum atomic E-state index is -3.13. The van der Waals surface area contributed by atoms with Gasteiger partial charge >= 0.3 is 8.25 Å². The van der Waals surface area contributed by atoms with Crippen molar-refractivity contribution in [2.24, 2.45) is 0 Å². The van der Waals surface area contributed by atoms with E-state index < -0.39 is 8.25 Å². The molecule has 0 aromatic heterocycles. The lowest BCUT2D eigenvalue weighted by Crippen LogP contribution is -1.62. The monoisotopic (exact) mass is 168 g/mol. The van der Waals surface area contributed by atoms with E-state index in [0.29, 0.717) is 0 Å². The lowest BCUT2D eigenvalue weighted by molar-refractivity contribution is -0.122. The molecule has 2 N–H and O–H groups in total. The molecule has 0 aromatic rings. The molecule has 0 rings (SSSR count). The van der Waals surface area contributed by atoms with E-state index in [4.69, 9.17) is 23.9 Å². The van der Waals surface area contributed by atoms with E-state index in [1.807, 2.05) is 0 Å². The Bertz CT molecular complexity index is 91.8. The summed E-state index contributed by atoms with van der Waals surface area (Å²) in [6, 6.07) is 0. The summed E-state index contributed by atoms with van der Waals surface area (Å²) in [6.07, 6.45) is 0.389. The van der Waals surface area contributed by atoms with E-state index in [9.17, 15) is 0 Å². The molecule has 10 heavy (non-hydrogen) atoms. The second-order valence-corrected chi connectivity index (χ2v) is 1.12. The van der Waals surface area contributed by atoms with E-state index in [1.165, 1.54) is 0 Å². The first-order valence-electron chi connectivity index (χ1n) is 1.96. The normalized spacial score (nSPS) is 5.90. The quantitative estimate of drug-likeness (QED) is 0.239. The van der Waals surface area contributed by atoms with Crippen LogP contribution in [0.4, 0.5) is 0 Å². The number of rotatable bonds is 1. The van der Waals surface area contributed by atoms with Gasteiger partial charge in [0.1, 0.15) is 0 Å². The lowest BCUT2D eigenvalue weighted by atomic mass is 10.9. The molecule has 0 heterocycles. The summed E-state index contributed by atoms with van der Waals surface area (Å²) < 4.78 is 8.74. The first-order valence-corrected chi connectivity index (χ1v) is 3.26.